The maximum atomic E-state index is 10.6. The Kier molecular flexibility index (Phi) is 5.53. The van der Waals surface area contributed by atoms with Gasteiger partial charge < -0.3 is 15.2 Å². The Morgan fingerprint density at radius 2 is 2.24 bits per heavy atom. The maximum absolute atomic E-state index is 10.6. The van der Waals surface area contributed by atoms with E-state index in [9.17, 15) is 4.79 Å². The highest BCUT2D eigenvalue weighted by molar-refractivity contribution is 5.66. The number of aliphatic carboxylic acids is 1. The van der Waals surface area contributed by atoms with Crippen molar-refractivity contribution < 1.29 is 14.6 Å². The summed E-state index contributed by atoms with van der Waals surface area (Å²) in [5.74, 6) is 0.922. The first-order chi connectivity index (χ1) is 12.1. The van der Waals surface area contributed by atoms with Crippen LogP contribution in [0.25, 0.3) is 0 Å². The van der Waals surface area contributed by atoms with E-state index >= 15 is 0 Å². The van der Waals surface area contributed by atoms with E-state index in [1.165, 1.54) is 5.56 Å². The minimum absolute atomic E-state index is 0.158. The molecule has 0 saturated carbocycles. The van der Waals surface area contributed by atoms with Crippen LogP contribution in [-0.4, -0.2) is 39.0 Å². The molecule has 0 radical (unpaired) electrons. The number of carbonyl (C=O) groups is 1. The number of aryl methyl sites for hydroxylation is 3. The van der Waals surface area contributed by atoms with Gasteiger partial charge in [-0.3, -0.25) is 4.79 Å². The molecule has 2 aromatic rings. The van der Waals surface area contributed by atoms with Gasteiger partial charge in [0, 0.05) is 38.2 Å². The Balaban J connectivity index is 1.50. The normalized spacial score (nSPS) is 13.2. The molecule has 134 valence electrons. The lowest BCUT2D eigenvalue weighted by Gasteiger charge is -2.17. The Bertz CT molecular complexity index is 742. The lowest BCUT2D eigenvalue weighted by atomic mass is 10.1. The van der Waals surface area contributed by atoms with Crippen LogP contribution in [0.1, 0.15) is 36.2 Å². The average Bonchev–Trinajstić information content (AvgIpc) is 2.94. The second-order valence-electron chi connectivity index (χ2n) is 6.28. The number of fused-ring (bicyclic) bond motifs is 1. The van der Waals surface area contributed by atoms with Crippen LogP contribution < -0.4 is 10.1 Å². The van der Waals surface area contributed by atoms with Crippen molar-refractivity contribution in [3.63, 3.8) is 0 Å². The van der Waals surface area contributed by atoms with E-state index in [2.05, 4.69) is 27.5 Å². The third-order valence-electron chi connectivity index (χ3n) is 4.27. The molecular formula is C18H24N4O3. The van der Waals surface area contributed by atoms with Crippen molar-refractivity contribution in [2.45, 2.75) is 38.5 Å². The topological polar surface area (TPSA) is 89.3 Å². The number of ether oxygens (including phenoxy) is 1. The summed E-state index contributed by atoms with van der Waals surface area (Å²) < 4.78 is 7.51. The molecule has 0 aliphatic carbocycles. The quantitative estimate of drug-likeness (QED) is 0.763. The average molecular weight is 344 g/mol. The SMILES string of the molecule is Cn1nc(CCCC(=O)O)cc1OCCc1ccc2c(n1)NCCC2. The zero-order valence-corrected chi connectivity index (χ0v) is 14.5. The van der Waals surface area contributed by atoms with Gasteiger partial charge >= 0.3 is 5.97 Å². The van der Waals surface area contributed by atoms with Crippen molar-refractivity contribution in [3.8, 4) is 5.88 Å². The Labute approximate surface area is 147 Å². The van der Waals surface area contributed by atoms with Crippen LogP contribution in [0.15, 0.2) is 18.2 Å². The Hall–Kier alpha value is -2.57. The zero-order chi connectivity index (χ0) is 17.6. The van der Waals surface area contributed by atoms with E-state index < -0.39 is 5.97 Å². The van der Waals surface area contributed by atoms with Crippen LogP contribution in [0.3, 0.4) is 0 Å². The number of pyridine rings is 1. The zero-order valence-electron chi connectivity index (χ0n) is 14.5. The molecule has 0 spiro atoms. The van der Waals surface area contributed by atoms with Gasteiger partial charge in [-0.1, -0.05) is 6.07 Å². The number of hydrogen-bond acceptors (Lipinski definition) is 5. The van der Waals surface area contributed by atoms with E-state index in [1.54, 1.807) is 4.68 Å². The fraction of sp³-hybridized carbons (Fsp3) is 0.500. The molecule has 0 saturated heterocycles. The third kappa shape index (κ3) is 4.71. The van der Waals surface area contributed by atoms with Crippen molar-refractivity contribution in [3.05, 3.63) is 35.2 Å². The molecule has 3 rings (SSSR count). The third-order valence-corrected chi connectivity index (χ3v) is 4.27. The monoisotopic (exact) mass is 344 g/mol. The van der Waals surface area contributed by atoms with E-state index in [0.717, 1.165) is 43.0 Å². The van der Waals surface area contributed by atoms with Gasteiger partial charge in [0.1, 0.15) is 5.82 Å². The molecule has 7 heteroatoms. The lowest BCUT2D eigenvalue weighted by Crippen LogP contribution is -2.14. The van der Waals surface area contributed by atoms with Gasteiger partial charge in [-0.25, -0.2) is 9.67 Å². The summed E-state index contributed by atoms with van der Waals surface area (Å²) in [6.45, 7) is 1.51. The van der Waals surface area contributed by atoms with E-state index in [1.807, 2.05) is 13.1 Å². The number of anilines is 1. The van der Waals surface area contributed by atoms with Crippen molar-refractivity contribution in [2.75, 3.05) is 18.5 Å². The smallest absolute Gasteiger partial charge is 0.303 e. The molecular weight excluding hydrogens is 320 g/mol. The first-order valence-electron chi connectivity index (χ1n) is 8.72. The molecule has 1 aliphatic heterocycles. The highest BCUT2D eigenvalue weighted by atomic mass is 16.5. The number of hydrogen-bond donors (Lipinski definition) is 2. The van der Waals surface area contributed by atoms with Crippen molar-refractivity contribution in [1.82, 2.24) is 14.8 Å². The van der Waals surface area contributed by atoms with Gasteiger partial charge in [-0.2, -0.15) is 5.10 Å². The number of aromatic nitrogens is 3. The number of carboxylic acids is 1. The number of rotatable bonds is 8. The van der Waals surface area contributed by atoms with Crippen LogP contribution in [0.5, 0.6) is 5.88 Å². The summed E-state index contributed by atoms with van der Waals surface area (Å²) in [6.07, 6.45) is 4.36. The fourth-order valence-electron chi connectivity index (χ4n) is 2.95. The van der Waals surface area contributed by atoms with E-state index in [0.29, 0.717) is 25.3 Å². The largest absolute Gasteiger partial charge is 0.481 e. The predicted octanol–water partition coefficient (Wildman–Crippen LogP) is 2.20. The minimum Gasteiger partial charge on any atom is -0.481 e. The second-order valence-corrected chi connectivity index (χ2v) is 6.28. The van der Waals surface area contributed by atoms with Crippen LogP contribution in [-0.2, 0) is 31.1 Å². The molecule has 0 atom stereocenters. The molecule has 0 fully saturated rings. The van der Waals surface area contributed by atoms with Crippen LogP contribution >= 0.6 is 0 Å². The lowest BCUT2D eigenvalue weighted by molar-refractivity contribution is -0.137. The minimum atomic E-state index is -0.778. The molecule has 7 nitrogen and oxygen atoms in total. The Morgan fingerprint density at radius 3 is 3.08 bits per heavy atom. The second kappa shape index (κ2) is 8.00. The molecule has 2 N–H and O–H groups in total. The fourth-order valence-corrected chi connectivity index (χ4v) is 2.95. The molecule has 0 bridgehead atoms. The van der Waals surface area contributed by atoms with Gasteiger partial charge in [0.25, 0.3) is 0 Å². The highest BCUT2D eigenvalue weighted by Gasteiger charge is 2.11. The van der Waals surface area contributed by atoms with Gasteiger partial charge in [-0.05, 0) is 37.3 Å². The van der Waals surface area contributed by atoms with Gasteiger partial charge in [0.05, 0.1) is 12.3 Å². The predicted molar refractivity (Wildman–Crippen MR) is 94.0 cm³/mol. The van der Waals surface area contributed by atoms with Crippen LogP contribution in [0.2, 0.25) is 0 Å². The number of carboxylic acid groups (broad SMARTS) is 1. The van der Waals surface area contributed by atoms with Gasteiger partial charge in [-0.15, -0.1) is 0 Å². The molecule has 2 aromatic heterocycles. The molecule has 0 aromatic carbocycles. The van der Waals surface area contributed by atoms with Gasteiger partial charge in [0.2, 0.25) is 5.88 Å². The van der Waals surface area contributed by atoms with Crippen molar-refractivity contribution in [2.24, 2.45) is 7.05 Å². The summed E-state index contributed by atoms with van der Waals surface area (Å²) in [5, 5.41) is 16.4. The summed E-state index contributed by atoms with van der Waals surface area (Å²) in [5.41, 5.74) is 3.15. The van der Waals surface area contributed by atoms with E-state index in [4.69, 9.17) is 9.84 Å². The van der Waals surface area contributed by atoms with Gasteiger partial charge in [0.15, 0.2) is 0 Å². The van der Waals surface area contributed by atoms with Crippen molar-refractivity contribution in [1.29, 1.82) is 0 Å². The summed E-state index contributed by atoms with van der Waals surface area (Å²) in [4.78, 5) is 15.2. The number of nitrogens with zero attached hydrogens (tertiary/aromatic N) is 3. The van der Waals surface area contributed by atoms with E-state index in [-0.39, 0.29) is 6.42 Å². The molecule has 3 heterocycles. The molecule has 1 aliphatic rings. The summed E-state index contributed by atoms with van der Waals surface area (Å²) >= 11 is 0. The Morgan fingerprint density at radius 1 is 1.36 bits per heavy atom. The van der Waals surface area contributed by atoms with Crippen LogP contribution in [0, 0.1) is 0 Å². The molecule has 0 unspecified atom stereocenters. The molecule has 25 heavy (non-hydrogen) atoms. The number of nitrogens with one attached hydrogen (secondary N) is 1. The van der Waals surface area contributed by atoms with Crippen molar-refractivity contribution >= 4 is 11.8 Å². The maximum Gasteiger partial charge on any atom is 0.303 e. The highest BCUT2D eigenvalue weighted by Crippen LogP contribution is 2.20. The van der Waals surface area contributed by atoms with Crippen LogP contribution in [0.4, 0.5) is 5.82 Å². The standard InChI is InChI=1S/C18H24N4O3/c1-22-16(12-15(21-22)5-2-6-17(23)24)25-11-9-14-8-7-13-4-3-10-19-18(13)20-14/h7-8,12H,2-6,9-11H2,1H3,(H,19,20)(H,23,24). The first-order valence-corrected chi connectivity index (χ1v) is 8.72. The summed E-state index contributed by atoms with van der Waals surface area (Å²) in [6, 6.07) is 6.09. The first kappa shape index (κ1) is 17.3. The molecule has 0 amide bonds. The summed E-state index contributed by atoms with van der Waals surface area (Å²) in [7, 11) is 1.83.